The highest BCUT2D eigenvalue weighted by Gasteiger charge is 2.28. The summed E-state index contributed by atoms with van der Waals surface area (Å²) in [5, 5.41) is 0. The predicted molar refractivity (Wildman–Crippen MR) is 71.0 cm³/mol. The van der Waals surface area contributed by atoms with Gasteiger partial charge in [0.2, 0.25) is 0 Å². The molecule has 0 saturated carbocycles. The molecule has 0 heterocycles. The van der Waals surface area contributed by atoms with Crippen LogP contribution in [0.4, 0.5) is 0 Å². The summed E-state index contributed by atoms with van der Waals surface area (Å²) in [4.78, 5) is 1.58. The Balaban J connectivity index is 4.12. The van der Waals surface area contributed by atoms with E-state index in [0.717, 1.165) is 42.0 Å². The second-order valence-electron chi connectivity index (χ2n) is 3.68. The number of hydrogen-bond acceptors (Lipinski definition) is 4. The van der Waals surface area contributed by atoms with E-state index in [4.69, 9.17) is 35.9 Å². The molecule has 0 spiro atoms. The highest BCUT2D eigenvalue weighted by molar-refractivity contribution is 7.82. The highest BCUT2D eigenvalue weighted by Crippen LogP contribution is 2.17. The molecule has 0 bridgehead atoms. The Morgan fingerprint density at radius 2 is 1.57 bits per heavy atom. The lowest BCUT2D eigenvalue weighted by atomic mass is 9.87. The zero-order chi connectivity index (χ0) is 11.2. The van der Waals surface area contributed by atoms with E-state index in [1.807, 2.05) is 13.8 Å². The van der Waals surface area contributed by atoms with Crippen LogP contribution in [0.1, 0.15) is 39.5 Å². The number of unbranched alkanes of at least 4 members (excludes halogenated alkanes) is 2. The lowest BCUT2D eigenvalue weighted by Gasteiger charge is -2.28. The average Bonchev–Trinajstić information content (AvgIpc) is 2.11. The van der Waals surface area contributed by atoms with Gasteiger partial charge in [-0.3, -0.25) is 0 Å². The molecular weight excluding hydrogens is 212 g/mol. The molecule has 0 saturated heterocycles. The van der Waals surface area contributed by atoms with Gasteiger partial charge in [-0.2, -0.15) is 0 Å². The molecule has 2 nitrogen and oxygen atoms in total. The maximum absolute atomic E-state index is 6.15. The molecule has 4 N–H and O–H groups in total. The van der Waals surface area contributed by atoms with Crippen LogP contribution in [0.3, 0.4) is 0 Å². The van der Waals surface area contributed by atoms with Crippen molar-refractivity contribution in [1.29, 1.82) is 0 Å². The first-order valence-corrected chi connectivity index (χ1v) is 5.78. The number of hydrogen-bond donors (Lipinski definition) is 2. The molecule has 0 amide bonds. The molecule has 14 heavy (non-hydrogen) atoms. The van der Waals surface area contributed by atoms with Gasteiger partial charge in [0.1, 0.15) is 0 Å². The van der Waals surface area contributed by atoms with Gasteiger partial charge in [-0.05, 0) is 33.2 Å². The van der Waals surface area contributed by atoms with Gasteiger partial charge in [0.05, 0.1) is 5.54 Å². The maximum Gasteiger partial charge on any atom is 0.0786 e. The monoisotopic (exact) mass is 232 g/mol. The topological polar surface area (TPSA) is 52.0 Å². The predicted octanol–water partition coefficient (Wildman–Crippen LogP) is 1.98. The van der Waals surface area contributed by atoms with Gasteiger partial charge in [-0.25, -0.2) is 0 Å². The van der Waals surface area contributed by atoms with Gasteiger partial charge in [0.15, 0.2) is 0 Å². The van der Waals surface area contributed by atoms with Crippen LogP contribution in [0.15, 0.2) is 0 Å². The van der Waals surface area contributed by atoms with E-state index in [-0.39, 0.29) is 0 Å². The lowest BCUT2D eigenvalue weighted by Crippen LogP contribution is -2.51. The fourth-order valence-electron chi connectivity index (χ4n) is 1.32. The summed E-state index contributed by atoms with van der Waals surface area (Å²) in [6.07, 6.45) is 4.02. The van der Waals surface area contributed by atoms with Crippen LogP contribution in [-0.2, 0) is 0 Å². The van der Waals surface area contributed by atoms with Gasteiger partial charge in [0.25, 0.3) is 0 Å². The molecule has 0 rings (SSSR count). The van der Waals surface area contributed by atoms with Crippen LogP contribution in [-0.4, -0.2) is 21.8 Å². The molecule has 82 valence electrons. The Hall–Kier alpha value is 0.100. The van der Waals surface area contributed by atoms with Crippen LogP contribution in [0.5, 0.6) is 0 Å². The molecule has 0 aromatic rings. The lowest BCUT2D eigenvalue weighted by molar-refractivity contribution is 0.582. The first-order chi connectivity index (χ1) is 6.45. The molecule has 0 aliphatic carbocycles. The SMILES string of the molecule is CC(=S)C(N)(CCCCCN)C(C)=S. The molecule has 0 fully saturated rings. The van der Waals surface area contributed by atoms with Crippen molar-refractivity contribution in [2.75, 3.05) is 6.54 Å². The average molecular weight is 232 g/mol. The third-order valence-corrected chi connectivity index (χ3v) is 3.26. The summed E-state index contributed by atoms with van der Waals surface area (Å²) in [6.45, 7) is 4.48. The standard InChI is InChI=1S/C10H20N2S2/c1-8(13)10(12,9(2)14)6-4-3-5-7-11/h3-7,11-12H2,1-2H3. The molecule has 0 radical (unpaired) electrons. The highest BCUT2D eigenvalue weighted by atomic mass is 32.1. The molecule has 0 aromatic carbocycles. The fraction of sp³-hybridized carbons (Fsp3) is 0.800. The van der Waals surface area contributed by atoms with E-state index in [9.17, 15) is 0 Å². The van der Waals surface area contributed by atoms with Crippen molar-refractivity contribution >= 4 is 34.2 Å². The van der Waals surface area contributed by atoms with E-state index in [0.29, 0.717) is 0 Å². The van der Waals surface area contributed by atoms with Crippen molar-refractivity contribution in [1.82, 2.24) is 0 Å². The Morgan fingerprint density at radius 1 is 1.07 bits per heavy atom. The first-order valence-electron chi connectivity index (χ1n) is 4.96. The van der Waals surface area contributed by atoms with Crippen LogP contribution in [0.25, 0.3) is 0 Å². The number of thiocarbonyl (C=S) groups is 2. The third kappa shape index (κ3) is 4.09. The Labute approximate surface area is 97.4 Å². The second kappa shape index (κ2) is 6.56. The van der Waals surface area contributed by atoms with Gasteiger partial charge in [0, 0.05) is 9.73 Å². The van der Waals surface area contributed by atoms with E-state index in [1.165, 1.54) is 0 Å². The van der Waals surface area contributed by atoms with Crippen molar-refractivity contribution < 1.29 is 0 Å². The zero-order valence-electron chi connectivity index (χ0n) is 9.01. The van der Waals surface area contributed by atoms with Gasteiger partial charge < -0.3 is 11.5 Å². The van der Waals surface area contributed by atoms with Crippen LogP contribution in [0, 0.1) is 0 Å². The Kier molecular flexibility index (Phi) is 6.61. The molecule has 0 aromatic heterocycles. The van der Waals surface area contributed by atoms with Crippen molar-refractivity contribution in [3.05, 3.63) is 0 Å². The summed E-state index contributed by atoms with van der Waals surface area (Å²) >= 11 is 10.3. The summed E-state index contributed by atoms with van der Waals surface area (Å²) < 4.78 is 0. The first kappa shape index (κ1) is 14.1. The molecule has 0 unspecified atom stereocenters. The Morgan fingerprint density at radius 3 is 1.93 bits per heavy atom. The van der Waals surface area contributed by atoms with E-state index in [1.54, 1.807) is 0 Å². The van der Waals surface area contributed by atoms with Crippen LogP contribution < -0.4 is 11.5 Å². The largest absolute Gasteiger partial charge is 0.330 e. The van der Waals surface area contributed by atoms with Crippen molar-refractivity contribution in [3.63, 3.8) is 0 Å². The number of rotatable bonds is 7. The van der Waals surface area contributed by atoms with Gasteiger partial charge in [-0.15, -0.1) is 0 Å². The normalized spacial score (nSPS) is 11.4. The smallest absolute Gasteiger partial charge is 0.0786 e. The maximum atomic E-state index is 6.15. The van der Waals surface area contributed by atoms with E-state index >= 15 is 0 Å². The summed E-state index contributed by atoms with van der Waals surface area (Å²) in [5.74, 6) is 0. The van der Waals surface area contributed by atoms with Crippen LogP contribution >= 0.6 is 24.4 Å². The van der Waals surface area contributed by atoms with Gasteiger partial charge in [-0.1, -0.05) is 37.3 Å². The van der Waals surface area contributed by atoms with E-state index in [2.05, 4.69) is 0 Å². The molecule has 0 aliphatic rings. The quantitative estimate of drug-likeness (QED) is 0.520. The van der Waals surface area contributed by atoms with Gasteiger partial charge >= 0.3 is 0 Å². The minimum absolute atomic E-state index is 0.529. The minimum atomic E-state index is -0.529. The minimum Gasteiger partial charge on any atom is -0.330 e. The molecule has 0 atom stereocenters. The van der Waals surface area contributed by atoms with Crippen molar-refractivity contribution in [2.45, 2.75) is 45.1 Å². The summed E-state index contributed by atoms with van der Waals surface area (Å²) in [7, 11) is 0. The van der Waals surface area contributed by atoms with E-state index < -0.39 is 5.54 Å². The Bertz CT molecular complexity index is 200. The van der Waals surface area contributed by atoms with Crippen molar-refractivity contribution in [2.24, 2.45) is 11.5 Å². The molecular formula is C10H20N2S2. The zero-order valence-corrected chi connectivity index (χ0v) is 10.6. The van der Waals surface area contributed by atoms with Crippen molar-refractivity contribution in [3.8, 4) is 0 Å². The molecule has 0 aliphatic heterocycles. The number of nitrogens with two attached hydrogens (primary N) is 2. The van der Waals surface area contributed by atoms with Crippen LogP contribution in [0.2, 0.25) is 0 Å². The third-order valence-electron chi connectivity index (χ3n) is 2.53. The molecule has 4 heteroatoms. The fourth-order valence-corrected chi connectivity index (χ4v) is 1.90. The summed E-state index contributed by atoms with van der Waals surface area (Å²) in [5.41, 5.74) is 11.0. The summed E-state index contributed by atoms with van der Waals surface area (Å²) in [6, 6.07) is 0. The second-order valence-corrected chi connectivity index (χ2v) is 4.91.